The molecule has 10 heteroatoms. The number of aromatic amines is 1. The first-order chi connectivity index (χ1) is 15.6. The van der Waals surface area contributed by atoms with Crippen LogP contribution < -0.4 is 10.1 Å². The number of methoxy groups -OCH3 is 1. The summed E-state index contributed by atoms with van der Waals surface area (Å²) in [5, 5.41) is 14.1. The number of nitrogens with zero attached hydrogens (tertiary/aromatic N) is 4. The van der Waals surface area contributed by atoms with Crippen LogP contribution in [0.15, 0.2) is 53.7 Å². The van der Waals surface area contributed by atoms with Crippen LogP contribution in [-0.4, -0.2) is 40.5 Å². The van der Waals surface area contributed by atoms with Gasteiger partial charge in [0.15, 0.2) is 17.7 Å². The fourth-order valence-electron chi connectivity index (χ4n) is 3.18. The Morgan fingerprint density at radius 2 is 1.94 bits per heavy atom. The zero-order valence-corrected chi connectivity index (χ0v) is 17.5. The van der Waals surface area contributed by atoms with Gasteiger partial charge in [0.2, 0.25) is 0 Å². The Morgan fingerprint density at radius 1 is 1.12 bits per heavy atom. The number of aryl methyl sites for hydroxylation is 1. The van der Waals surface area contributed by atoms with Gasteiger partial charge < -0.3 is 14.8 Å². The van der Waals surface area contributed by atoms with Crippen LogP contribution in [0.3, 0.4) is 0 Å². The van der Waals surface area contributed by atoms with Crippen LogP contribution in [0.25, 0.3) is 10.9 Å². The number of nitrogens with one attached hydrogen (secondary N) is 2. The molecule has 4 rings (SSSR count). The fraction of sp³-hybridized carbons (Fsp3) is 0.227. The molecule has 164 valence electrons. The number of rotatable bonds is 9. The van der Waals surface area contributed by atoms with Crippen molar-refractivity contribution in [2.75, 3.05) is 25.6 Å². The molecular weight excluding hydrogens is 415 g/mol. The van der Waals surface area contributed by atoms with Gasteiger partial charge in [0.25, 0.3) is 0 Å². The molecule has 0 saturated heterocycles. The summed E-state index contributed by atoms with van der Waals surface area (Å²) in [4.78, 5) is 20.9. The molecule has 0 aliphatic heterocycles. The first kappa shape index (κ1) is 21.3. The summed E-state index contributed by atoms with van der Waals surface area (Å²) in [6, 6.07) is 11.7. The maximum atomic E-state index is 13.4. The van der Waals surface area contributed by atoms with Crippen LogP contribution in [-0.2, 0) is 4.74 Å². The molecule has 4 aromatic rings. The standard InChI is InChI=1S/C22H21FN6O3/c1-13-11-19(28-27-13)25-21-17-8-7-16(32-10-9-31-2)12-18(17)24-22(26-21)20(29-30)14-3-5-15(23)6-4-14/h3-8,11-12,20H,9-10H2,1-2H3,(H2,24,25,26,27,28). The fourth-order valence-corrected chi connectivity index (χ4v) is 3.18. The molecule has 2 aromatic carbocycles. The molecule has 0 aliphatic carbocycles. The lowest BCUT2D eigenvalue weighted by Crippen LogP contribution is -2.08. The van der Waals surface area contributed by atoms with Crippen molar-refractivity contribution in [1.82, 2.24) is 20.2 Å². The molecule has 2 aromatic heterocycles. The summed E-state index contributed by atoms with van der Waals surface area (Å²) >= 11 is 0. The van der Waals surface area contributed by atoms with Crippen LogP contribution in [0.4, 0.5) is 16.0 Å². The van der Waals surface area contributed by atoms with Gasteiger partial charge in [0.05, 0.1) is 12.1 Å². The Labute approximate surface area is 183 Å². The van der Waals surface area contributed by atoms with Crippen LogP contribution in [0.5, 0.6) is 5.75 Å². The molecule has 0 bridgehead atoms. The van der Waals surface area contributed by atoms with E-state index in [0.717, 1.165) is 5.69 Å². The number of fused-ring (bicyclic) bond motifs is 1. The summed E-state index contributed by atoms with van der Waals surface area (Å²) in [7, 11) is 1.60. The monoisotopic (exact) mass is 436 g/mol. The zero-order valence-electron chi connectivity index (χ0n) is 17.5. The molecule has 0 saturated carbocycles. The number of benzene rings is 2. The van der Waals surface area contributed by atoms with Gasteiger partial charge in [-0.3, -0.25) is 5.10 Å². The van der Waals surface area contributed by atoms with Gasteiger partial charge in [-0.15, -0.1) is 4.91 Å². The van der Waals surface area contributed by atoms with E-state index >= 15 is 0 Å². The highest BCUT2D eigenvalue weighted by molar-refractivity contribution is 5.91. The van der Waals surface area contributed by atoms with Gasteiger partial charge in [-0.05, 0) is 36.8 Å². The van der Waals surface area contributed by atoms with E-state index in [9.17, 15) is 9.30 Å². The topological polar surface area (TPSA) is 114 Å². The first-order valence-electron chi connectivity index (χ1n) is 9.88. The summed E-state index contributed by atoms with van der Waals surface area (Å²) in [6.07, 6.45) is 0. The van der Waals surface area contributed by atoms with Crippen molar-refractivity contribution < 1.29 is 13.9 Å². The van der Waals surface area contributed by atoms with Crippen molar-refractivity contribution >= 4 is 22.5 Å². The summed E-state index contributed by atoms with van der Waals surface area (Å²) in [5.41, 5.74) is 1.91. The minimum absolute atomic E-state index is 0.169. The molecule has 0 fully saturated rings. The van der Waals surface area contributed by atoms with Crippen molar-refractivity contribution in [2.45, 2.75) is 13.0 Å². The van der Waals surface area contributed by atoms with Gasteiger partial charge in [0, 0.05) is 30.3 Å². The molecule has 2 heterocycles. The average Bonchev–Trinajstić information content (AvgIpc) is 3.20. The van der Waals surface area contributed by atoms with Gasteiger partial charge in [-0.1, -0.05) is 17.3 Å². The van der Waals surface area contributed by atoms with Crippen molar-refractivity contribution in [2.24, 2.45) is 5.18 Å². The molecule has 0 radical (unpaired) electrons. The van der Waals surface area contributed by atoms with Crippen molar-refractivity contribution in [3.8, 4) is 5.75 Å². The molecule has 1 unspecified atom stereocenters. The maximum absolute atomic E-state index is 13.4. The Bertz CT molecular complexity index is 1230. The van der Waals surface area contributed by atoms with Crippen LogP contribution in [0.1, 0.15) is 23.1 Å². The van der Waals surface area contributed by atoms with Gasteiger partial charge >= 0.3 is 0 Å². The molecule has 0 amide bonds. The zero-order chi connectivity index (χ0) is 22.5. The number of halogens is 1. The van der Waals surface area contributed by atoms with E-state index in [4.69, 9.17) is 9.47 Å². The summed E-state index contributed by atoms with van der Waals surface area (Å²) in [6.45, 7) is 2.71. The Morgan fingerprint density at radius 3 is 2.62 bits per heavy atom. The highest BCUT2D eigenvalue weighted by Crippen LogP contribution is 2.31. The Balaban J connectivity index is 1.79. The highest BCUT2D eigenvalue weighted by Gasteiger charge is 2.21. The van der Waals surface area contributed by atoms with Crippen molar-refractivity contribution in [3.63, 3.8) is 0 Å². The molecular formula is C22H21FN6O3. The van der Waals surface area contributed by atoms with Gasteiger partial charge in [0.1, 0.15) is 24.0 Å². The third kappa shape index (κ3) is 4.70. The SMILES string of the molecule is COCCOc1ccc2c(Nc3cc(C)[nH]n3)nc(C(N=O)c3ccc(F)cc3)nc2c1. The van der Waals surface area contributed by atoms with E-state index < -0.39 is 11.9 Å². The van der Waals surface area contributed by atoms with E-state index in [-0.39, 0.29) is 5.82 Å². The number of hydrogen-bond donors (Lipinski definition) is 2. The second-order valence-electron chi connectivity index (χ2n) is 7.07. The van der Waals surface area contributed by atoms with E-state index in [1.54, 1.807) is 19.2 Å². The first-order valence-corrected chi connectivity index (χ1v) is 9.88. The number of H-pyrrole nitrogens is 1. The lowest BCUT2D eigenvalue weighted by atomic mass is 10.1. The summed E-state index contributed by atoms with van der Waals surface area (Å²) in [5.74, 6) is 1.37. The molecule has 9 nitrogen and oxygen atoms in total. The van der Waals surface area contributed by atoms with E-state index in [1.807, 2.05) is 19.1 Å². The van der Waals surface area contributed by atoms with Gasteiger partial charge in [-0.2, -0.15) is 5.10 Å². The number of aromatic nitrogens is 4. The predicted molar refractivity (Wildman–Crippen MR) is 118 cm³/mol. The van der Waals surface area contributed by atoms with E-state index in [1.165, 1.54) is 24.3 Å². The predicted octanol–water partition coefficient (Wildman–Crippen LogP) is 4.43. The Hall–Kier alpha value is -3.92. The number of hydrogen-bond acceptors (Lipinski definition) is 8. The minimum atomic E-state index is -1.01. The third-order valence-corrected chi connectivity index (χ3v) is 4.73. The van der Waals surface area contributed by atoms with Gasteiger partial charge in [-0.25, -0.2) is 14.4 Å². The lowest BCUT2D eigenvalue weighted by Gasteiger charge is -2.14. The highest BCUT2D eigenvalue weighted by atomic mass is 19.1. The molecule has 0 spiro atoms. The summed E-state index contributed by atoms with van der Waals surface area (Å²) < 4.78 is 24.1. The Kier molecular flexibility index (Phi) is 6.31. The third-order valence-electron chi connectivity index (χ3n) is 4.73. The van der Waals surface area contributed by atoms with Crippen molar-refractivity contribution in [1.29, 1.82) is 0 Å². The molecule has 0 aliphatic rings. The molecule has 32 heavy (non-hydrogen) atoms. The number of ether oxygens (including phenoxy) is 2. The minimum Gasteiger partial charge on any atom is -0.491 e. The second-order valence-corrected chi connectivity index (χ2v) is 7.07. The van der Waals surface area contributed by atoms with E-state index in [2.05, 4.69) is 30.7 Å². The molecule has 2 N–H and O–H groups in total. The van der Waals surface area contributed by atoms with Crippen LogP contribution >= 0.6 is 0 Å². The average molecular weight is 436 g/mol. The van der Waals surface area contributed by atoms with E-state index in [0.29, 0.717) is 47.1 Å². The van der Waals surface area contributed by atoms with Crippen LogP contribution in [0, 0.1) is 17.6 Å². The van der Waals surface area contributed by atoms with Crippen molar-refractivity contribution in [3.05, 3.63) is 76.3 Å². The number of anilines is 2. The largest absolute Gasteiger partial charge is 0.491 e. The van der Waals surface area contributed by atoms with Crippen LogP contribution in [0.2, 0.25) is 0 Å². The normalized spacial score (nSPS) is 12.0. The lowest BCUT2D eigenvalue weighted by molar-refractivity contribution is 0.146. The maximum Gasteiger partial charge on any atom is 0.176 e. The number of nitroso groups, excluding NO2 is 1. The second kappa shape index (κ2) is 9.48. The molecule has 1 atom stereocenters. The quantitative estimate of drug-likeness (QED) is 0.295. The smallest absolute Gasteiger partial charge is 0.176 e.